The van der Waals surface area contributed by atoms with Gasteiger partial charge in [0.2, 0.25) is 0 Å². The molecule has 152 valence electrons. The SMILES string of the molecule is CN=C(NCC1CCN(Cc2csc(C)n2)CC1)NC1CCCC(SC)C1. The molecular weight excluding hydrogens is 374 g/mol. The first-order valence-corrected chi connectivity index (χ1v) is 12.5. The van der Waals surface area contributed by atoms with Crippen molar-refractivity contribution >= 4 is 29.1 Å². The molecule has 1 aromatic heterocycles. The van der Waals surface area contributed by atoms with E-state index in [1.165, 1.54) is 62.3 Å². The lowest BCUT2D eigenvalue weighted by atomic mass is 9.95. The van der Waals surface area contributed by atoms with Crippen LogP contribution in [0.15, 0.2) is 10.4 Å². The summed E-state index contributed by atoms with van der Waals surface area (Å²) < 4.78 is 0. The highest BCUT2D eigenvalue weighted by Crippen LogP contribution is 2.27. The van der Waals surface area contributed by atoms with Crippen LogP contribution in [0.3, 0.4) is 0 Å². The number of aryl methyl sites for hydroxylation is 1. The molecule has 0 bridgehead atoms. The first-order valence-electron chi connectivity index (χ1n) is 10.3. The minimum absolute atomic E-state index is 0.575. The number of hydrogen-bond acceptors (Lipinski definition) is 5. The predicted molar refractivity (Wildman–Crippen MR) is 119 cm³/mol. The molecule has 2 aliphatic rings. The Morgan fingerprint density at radius 3 is 2.81 bits per heavy atom. The van der Waals surface area contributed by atoms with Crippen LogP contribution >= 0.6 is 23.1 Å². The third-order valence-corrected chi connectivity index (χ3v) is 7.76. The van der Waals surface area contributed by atoms with Crippen molar-refractivity contribution in [3.63, 3.8) is 0 Å². The predicted octanol–water partition coefficient (Wildman–Crippen LogP) is 3.50. The average Bonchev–Trinajstić information content (AvgIpc) is 3.11. The maximum Gasteiger partial charge on any atom is 0.191 e. The molecule has 1 aliphatic carbocycles. The van der Waals surface area contributed by atoms with E-state index < -0.39 is 0 Å². The van der Waals surface area contributed by atoms with Crippen molar-refractivity contribution in [2.45, 2.75) is 63.3 Å². The Morgan fingerprint density at radius 2 is 2.15 bits per heavy atom. The van der Waals surface area contributed by atoms with Crippen LogP contribution in [0.1, 0.15) is 49.2 Å². The molecule has 2 heterocycles. The third kappa shape index (κ3) is 6.64. The number of thioether (sulfide) groups is 1. The van der Waals surface area contributed by atoms with Crippen LogP contribution in [0.5, 0.6) is 0 Å². The van der Waals surface area contributed by atoms with Gasteiger partial charge in [-0.25, -0.2) is 4.98 Å². The summed E-state index contributed by atoms with van der Waals surface area (Å²) in [4.78, 5) is 11.6. The zero-order chi connectivity index (χ0) is 19.1. The van der Waals surface area contributed by atoms with Gasteiger partial charge in [0, 0.05) is 36.8 Å². The second-order valence-corrected chi connectivity index (χ2v) is 10.1. The molecule has 7 heteroatoms. The van der Waals surface area contributed by atoms with Crippen molar-refractivity contribution in [3.8, 4) is 0 Å². The van der Waals surface area contributed by atoms with E-state index in [9.17, 15) is 0 Å². The quantitative estimate of drug-likeness (QED) is 0.556. The summed E-state index contributed by atoms with van der Waals surface area (Å²) in [6, 6.07) is 0.575. The molecule has 3 rings (SSSR count). The van der Waals surface area contributed by atoms with Gasteiger partial charge in [-0.1, -0.05) is 6.42 Å². The summed E-state index contributed by atoms with van der Waals surface area (Å²) in [6.07, 6.45) is 9.97. The molecule has 2 fully saturated rings. The largest absolute Gasteiger partial charge is 0.356 e. The van der Waals surface area contributed by atoms with Gasteiger partial charge in [-0.05, 0) is 64.3 Å². The molecule has 2 unspecified atom stereocenters. The summed E-state index contributed by atoms with van der Waals surface area (Å²) >= 11 is 3.77. The van der Waals surface area contributed by atoms with Crippen molar-refractivity contribution in [2.24, 2.45) is 10.9 Å². The Hall–Kier alpha value is -0.790. The Morgan fingerprint density at radius 1 is 1.33 bits per heavy atom. The van der Waals surface area contributed by atoms with Gasteiger partial charge in [0.1, 0.15) is 0 Å². The van der Waals surface area contributed by atoms with Gasteiger partial charge < -0.3 is 10.6 Å². The highest BCUT2D eigenvalue weighted by molar-refractivity contribution is 7.99. The van der Waals surface area contributed by atoms with Crippen molar-refractivity contribution in [3.05, 3.63) is 16.1 Å². The fraction of sp³-hybridized carbons (Fsp3) is 0.800. The van der Waals surface area contributed by atoms with Crippen molar-refractivity contribution in [2.75, 3.05) is 32.9 Å². The van der Waals surface area contributed by atoms with Crippen LogP contribution in [-0.2, 0) is 6.54 Å². The van der Waals surface area contributed by atoms with Crippen molar-refractivity contribution in [1.29, 1.82) is 0 Å². The third-order valence-electron chi connectivity index (χ3n) is 5.84. The first-order chi connectivity index (χ1) is 13.2. The lowest BCUT2D eigenvalue weighted by Gasteiger charge is -2.33. The Balaban J connectivity index is 1.36. The van der Waals surface area contributed by atoms with Gasteiger partial charge >= 0.3 is 0 Å². The van der Waals surface area contributed by atoms with Gasteiger partial charge in [0.25, 0.3) is 0 Å². The van der Waals surface area contributed by atoms with Gasteiger partial charge in [-0.2, -0.15) is 11.8 Å². The Bertz CT molecular complexity index is 595. The summed E-state index contributed by atoms with van der Waals surface area (Å²) in [5.74, 6) is 1.73. The van der Waals surface area contributed by atoms with Gasteiger partial charge in [-0.3, -0.25) is 9.89 Å². The molecule has 0 radical (unpaired) electrons. The zero-order valence-corrected chi connectivity index (χ0v) is 18.7. The molecule has 2 atom stereocenters. The maximum absolute atomic E-state index is 4.60. The van der Waals surface area contributed by atoms with Crippen molar-refractivity contribution in [1.82, 2.24) is 20.5 Å². The number of likely N-dealkylation sites (tertiary alicyclic amines) is 1. The number of aliphatic imine (C=N–C) groups is 1. The average molecular weight is 410 g/mol. The topological polar surface area (TPSA) is 52.6 Å². The summed E-state index contributed by atoms with van der Waals surface area (Å²) in [6.45, 7) is 6.47. The van der Waals surface area contributed by atoms with E-state index in [-0.39, 0.29) is 0 Å². The minimum atomic E-state index is 0.575. The highest BCUT2D eigenvalue weighted by Gasteiger charge is 2.23. The van der Waals surface area contributed by atoms with E-state index in [1.54, 1.807) is 11.3 Å². The number of guanidine groups is 1. The number of nitrogens with one attached hydrogen (secondary N) is 2. The van der Waals surface area contributed by atoms with E-state index in [1.807, 2.05) is 18.8 Å². The van der Waals surface area contributed by atoms with E-state index in [0.29, 0.717) is 6.04 Å². The number of nitrogens with zero attached hydrogens (tertiary/aromatic N) is 3. The second-order valence-electron chi connectivity index (χ2n) is 7.90. The molecule has 1 saturated heterocycles. The minimum Gasteiger partial charge on any atom is -0.356 e. The van der Waals surface area contributed by atoms with Crippen LogP contribution < -0.4 is 10.6 Å². The fourth-order valence-electron chi connectivity index (χ4n) is 4.18. The zero-order valence-electron chi connectivity index (χ0n) is 17.0. The lowest BCUT2D eigenvalue weighted by molar-refractivity contribution is 0.176. The molecule has 0 amide bonds. The summed E-state index contributed by atoms with van der Waals surface area (Å²) in [5, 5.41) is 11.4. The van der Waals surface area contributed by atoms with Crippen molar-refractivity contribution < 1.29 is 0 Å². The standard InChI is InChI=1S/C20H35N5S2/c1-15-23-18(14-27-15)13-25-9-7-16(8-10-25)12-22-20(21-2)24-17-5-4-6-19(11-17)26-3/h14,16-17,19H,4-13H2,1-3H3,(H2,21,22,24). The first kappa shape index (κ1) is 20.9. The molecular formula is C20H35N5S2. The Labute approximate surface area is 172 Å². The number of thiazole rings is 1. The number of aromatic nitrogens is 1. The summed E-state index contributed by atoms with van der Waals surface area (Å²) in [5.41, 5.74) is 1.23. The number of rotatable bonds is 6. The molecule has 1 aliphatic heterocycles. The highest BCUT2D eigenvalue weighted by atomic mass is 32.2. The van der Waals surface area contributed by atoms with Crippen LogP contribution in [-0.4, -0.2) is 60.1 Å². The lowest BCUT2D eigenvalue weighted by Crippen LogP contribution is -2.47. The molecule has 0 aromatic carbocycles. The normalized spacial score (nSPS) is 25.5. The smallest absolute Gasteiger partial charge is 0.191 e. The maximum atomic E-state index is 4.60. The van der Waals surface area contributed by atoms with Gasteiger partial charge in [0.15, 0.2) is 5.96 Å². The second kappa shape index (κ2) is 10.7. The molecule has 1 saturated carbocycles. The van der Waals surface area contributed by atoms with E-state index in [2.05, 4.69) is 44.1 Å². The Kier molecular flexibility index (Phi) is 8.27. The molecule has 27 heavy (non-hydrogen) atoms. The van der Waals surface area contributed by atoms with Crippen LogP contribution in [0, 0.1) is 12.8 Å². The number of piperidine rings is 1. The van der Waals surface area contributed by atoms with Gasteiger partial charge in [-0.15, -0.1) is 11.3 Å². The van der Waals surface area contributed by atoms with Crippen LogP contribution in [0.25, 0.3) is 0 Å². The molecule has 1 aromatic rings. The molecule has 5 nitrogen and oxygen atoms in total. The van der Waals surface area contributed by atoms with E-state index in [0.717, 1.165) is 30.2 Å². The fourth-order valence-corrected chi connectivity index (χ4v) is 5.61. The van der Waals surface area contributed by atoms with Gasteiger partial charge in [0.05, 0.1) is 10.7 Å². The summed E-state index contributed by atoms with van der Waals surface area (Å²) in [7, 11) is 1.89. The van der Waals surface area contributed by atoms with E-state index >= 15 is 0 Å². The van der Waals surface area contributed by atoms with E-state index in [4.69, 9.17) is 0 Å². The monoisotopic (exact) mass is 409 g/mol. The molecule has 2 N–H and O–H groups in total. The molecule has 0 spiro atoms. The van der Waals surface area contributed by atoms with Crippen LogP contribution in [0.2, 0.25) is 0 Å². The van der Waals surface area contributed by atoms with Crippen LogP contribution in [0.4, 0.5) is 0 Å². The number of hydrogen-bond donors (Lipinski definition) is 2.